The number of nitrogen functional groups attached to an aromatic ring is 1. The van der Waals surface area contributed by atoms with Crippen LogP contribution in [0.5, 0.6) is 0 Å². The second-order valence-electron chi connectivity index (χ2n) is 3.22. The lowest BCUT2D eigenvalue weighted by molar-refractivity contribution is 0.979. The van der Waals surface area contributed by atoms with Crippen LogP contribution in [0.1, 0.15) is 5.69 Å². The monoisotopic (exact) mass is 219 g/mol. The van der Waals surface area contributed by atoms with Gasteiger partial charge in [0.2, 0.25) is 0 Å². The Labute approximate surface area is 93.0 Å². The molecule has 0 aliphatic heterocycles. The fourth-order valence-corrected chi connectivity index (χ4v) is 1.93. The fourth-order valence-electron chi connectivity index (χ4n) is 1.33. The SMILES string of the molecule is Nc1nc(CCNc2ccccc2)cs1. The third-order valence-electron chi connectivity index (χ3n) is 2.05. The summed E-state index contributed by atoms with van der Waals surface area (Å²) in [7, 11) is 0. The zero-order valence-corrected chi connectivity index (χ0v) is 9.13. The van der Waals surface area contributed by atoms with Crippen molar-refractivity contribution >= 4 is 22.2 Å². The number of nitrogens with zero attached hydrogens (tertiary/aromatic N) is 1. The van der Waals surface area contributed by atoms with Gasteiger partial charge in [0.1, 0.15) is 0 Å². The lowest BCUT2D eigenvalue weighted by atomic mass is 10.3. The summed E-state index contributed by atoms with van der Waals surface area (Å²) in [5.41, 5.74) is 7.74. The molecule has 0 bridgehead atoms. The Morgan fingerprint density at radius 3 is 2.73 bits per heavy atom. The van der Waals surface area contributed by atoms with Crippen LogP contribution in [0, 0.1) is 0 Å². The van der Waals surface area contributed by atoms with Gasteiger partial charge in [0.05, 0.1) is 5.69 Å². The number of thiazole rings is 1. The molecule has 0 atom stereocenters. The molecule has 0 unspecified atom stereocenters. The van der Waals surface area contributed by atoms with Crippen LogP contribution in [0.25, 0.3) is 0 Å². The molecule has 15 heavy (non-hydrogen) atoms. The Bertz CT molecular complexity index is 411. The third kappa shape index (κ3) is 2.95. The number of aromatic nitrogens is 1. The standard InChI is InChI=1S/C11H13N3S/c12-11-14-10(8-15-11)6-7-13-9-4-2-1-3-5-9/h1-5,8,13H,6-7H2,(H2,12,14). The first-order chi connectivity index (χ1) is 7.34. The summed E-state index contributed by atoms with van der Waals surface area (Å²) in [4.78, 5) is 4.20. The maximum atomic E-state index is 5.55. The van der Waals surface area contributed by atoms with Gasteiger partial charge in [-0.15, -0.1) is 11.3 Å². The molecule has 0 spiro atoms. The number of benzene rings is 1. The molecule has 1 aromatic heterocycles. The summed E-state index contributed by atoms with van der Waals surface area (Å²) in [5.74, 6) is 0. The van der Waals surface area contributed by atoms with E-state index in [1.807, 2.05) is 23.6 Å². The van der Waals surface area contributed by atoms with E-state index in [0.717, 1.165) is 24.3 Å². The van der Waals surface area contributed by atoms with E-state index >= 15 is 0 Å². The molecule has 78 valence electrons. The number of anilines is 2. The highest BCUT2D eigenvalue weighted by Crippen LogP contribution is 2.11. The molecule has 3 nitrogen and oxygen atoms in total. The van der Waals surface area contributed by atoms with Crippen molar-refractivity contribution in [2.45, 2.75) is 6.42 Å². The molecule has 3 N–H and O–H groups in total. The number of nitrogens with two attached hydrogens (primary N) is 1. The third-order valence-corrected chi connectivity index (χ3v) is 2.78. The first-order valence-electron chi connectivity index (χ1n) is 4.83. The Morgan fingerprint density at radius 2 is 2.07 bits per heavy atom. The van der Waals surface area contributed by atoms with Crippen LogP contribution in [0.2, 0.25) is 0 Å². The summed E-state index contributed by atoms with van der Waals surface area (Å²) in [6.07, 6.45) is 0.905. The summed E-state index contributed by atoms with van der Waals surface area (Å²) < 4.78 is 0. The van der Waals surface area contributed by atoms with E-state index in [9.17, 15) is 0 Å². The van der Waals surface area contributed by atoms with E-state index in [4.69, 9.17) is 5.73 Å². The number of hydrogen-bond donors (Lipinski definition) is 2. The summed E-state index contributed by atoms with van der Waals surface area (Å²) in [6.45, 7) is 0.882. The van der Waals surface area contributed by atoms with Gasteiger partial charge < -0.3 is 11.1 Å². The van der Waals surface area contributed by atoms with E-state index in [2.05, 4.69) is 22.4 Å². The van der Waals surface area contributed by atoms with Crippen molar-refractivity contribution in [1.82, 2.24) is 4.98 Å². The maximum absolute atomic E-state index is 5.55. The van der Waals surface area contributed by atoms with E-state index in [1.54, 1.807) is 0 Å². The van der Waals surface area contributed by atoms with Crippen molar-refractivity contribution in [1.29, 1.82) is 0 Å². The lowest BCUT2D eigenvalue weighted by Gasteiger charge is -2.03. The average molecular weight is 219 g/mol. The highest BCUT2D eigenvalue weighted by atomic mass is 32.1. The number of nitrogens with one attached hydrogen (secondary N) is 1. The largest absolute Gasteiger partial charge is 0.385 e. The minimum absolute atomic E-state index is 0.643. The zero-order chi connectivity index (χ0) is 10.5. The van der Waals surface area contributed by atoms with Gasteiger partial charge in [0.15, 0.2) is 5.13 Å². The highest BCUT2D eigenvalue weighted by Gasteiger charge is 1.97. The highest BCUT2D eigenvalue weighted by molar-refractivity contribution is 7.13. The van der Waals surface area contributed by atoms with Crippen LogP contribution in [-0.2, 0) is 6.42 Å². The molecule has 0 saturated carbocycles. The van der Waals surface area contributed by atoms with Crippen LogP contribution in [-0.4, -0.2) is 11.5 Å². The Kier molecular flexibility index (Phi) is 3.19. The van der Waals surface area contributed by atoms with E-state index in [0.29, 0.717) is 5.13 Å². The van der Waals surface area contributed by atoms with Crippen LogP contribution < -0.4 is 11.1 Å². The maximum Gasteiger partial charge on any atom is 0.180 e. The van der Waals surface area contributed by atoms with Gasteiger partial charge >= 0.3 is 0 Å². The number of para-hydroxylation sites is 1. The van der Waals surface area contributed by atoms with E-state index in [-0.39, 0.29) is 0 Å². The van der Waals surface area contributed by atoms with Crippen molar-refractivity contribution in [3.63, 3.8) is 0 Å². The van der Waals surface area contributed by atoms with E-state index in [1.165, 1.54) is 11.3 Å². The molecule has 2 rings (SSSR count). The molecular formula is C11H13N3S. The predicted octanol–water partition coefficient (Wildman–Crippen LogP) is 2.38. The molecule has 0 fully saturated rings. The summed E-state index contributed by atoms with van der Waals surface area (Å²) in [6, 6.07) is 10.1. The van der Waals surface area contributed by atoms with Gasteiger partial charge in [-0.2, -0.15) is 0 Å². The van der Waals surface area contributed by atoms with Gasteiger partial charge in [0, 0.05) is 24.0 Å². The molecule has 2 aromatic rings. The zero-order valence-electron chi connectivity index (χ0n) is 8.31. The van der Waals surface area contributed by atoms with Gasteiger partial charge in [-0.3, -0.25) is 0 Å². The topological polar surface area (TPSA) is 50.9 Å². The molecule has 0 amide bonds. The molecule has 1 heterocycles. The first kappa shape index (κ1) is 9.98. The number of hydrogen-bond acceptors (Lipinski definition) is 4. The second kappa shape index (κ2) is 4.79. The van der Waals surface area contributed by atoms with Crippen molar-refractivity contribution in [3.8, 4) is 0 Å². The molecular weight excluding hydrogens is 206 g/mol. The molecule has 0 saturated heterocycles. The first-order valence-corrected chi connectivity index (χ1v) is 5.71. The van der Waals surface area contributed by atoms with Crippen LogP contribution >= 0.6 is 11.3 Å². The van der Waals surface area contributed by atoms with Gasteiger partial charge in [-0.05, 0) is 12.1 Å². The van der Waals surface area contributed by atoms with E-state index < -0.39 is 0 Å². The summed E-state index contributed by atoms with van der Waals surface area (Å²) in [5, 5.41) is 5.97. The average Bonchev–Trinajstić information content (AvgIpc) is 2.66. The predicted molar refractivity (Wildman–Crippen MR) is 65.2 cm³/mol. The Hall–Kier alpha value is -1.55. The molecule has 0 radical (unpaired) electrons. The fraction of sp³-hybridized carbons (Fsp3) is 0.182. The van der Waals surface area contributed by atoms with Crippen molar-refractivity contribution in [2.24, 2.45) is 0 Å². The van der Waals surface area contributed by atoms with Crippen LogP contribution in [0.15, 0.2) is 35.7 Å². The normalized spacial score (nSPS) is 10.1. The smallest absolute Gasteiger partial charge is 0.180 e. The second-order valence-corrected chi connectivity index (χ2v) is 4.11. The van der Waals surface area contributed by atoms with Gasteiger partial charge in [-0.25, -0.2) is 4.98 Å². The Balaban J connectivity index is 1.80. The number of rotatable bonds is 4. The van der Waals surface area contributed by atoms with Crippen molar-refractivity contribution in [3.05, 3.63) is 41.4 Å². The molecule has 1 aromatic carbocycles. The van der Waals surface area contributed by atoms with Gasteiger partial charge in [0.25, 0.3) is 0 Å². The quantitative estimate of drug-likeness (QED) is 0.830. The van der Waals surface area contributed by atoms with Crippen molar-refractivity contribution < 1.29 is 0 Å². The minimum Gasteiger partial charge on any atom is -0.385 e. The van der Waals surface area contributed by atoms with Crippen molar-refractivity contribution in [2.75, 3.05) is 17.6 Å². The summed E-state index contributed by atoms with van der Waals surface area (Å²) >= 11 is 1.49. The Morgan fingerprint density at radius 1 is 1.27 bits per heavy atom. The minimum atomic E-state index is 0.643. The van der Waals surface area contributed by atoms with Crippen LogP contribution in [0.3, 0.4) is 0 Å². The lowest BCUT2D eigenvalue weighted by Crippen LogP contribution is -2.04. The molecule has 0 aliphatic rings. The molecule has 4 heteroatoms. The van der Waals surface area contributed by atoms with Gasteiger partial charge in [-0.1, -0.05) is 18.2 Å². The van der Waals surface area contributed by atoms with Crippen LogP contribution in [0.4, 0.5) is 10.8 Å². The molecule has 0 aliphatic carbocycles.